The van der Waals surface area contributed by atoms with Crippen LogP contribution in [0, 0.1) is 0 Å². The fourth-order valence-corrected chi connectivity index (χ4v) is 1.12. The first-order chi connectivity index (χ1) is 7.36. The maximum atomic E-state index is 5.47. The van der Waals surface area contributed by atoms with E-state index in [1.165, 1.54) is 0 Å². The molecule has 0 bridgehead atoms. The highest BCUT2D eigenvalue weighted by atomic mass is 16.5. The van der Waals surface area contributed by atoms with Crippen LogP contribution in [0.1, 0.15) is 32.4 Å². The van der Waals surface area contributed by atoms with Crippen molar-refractivity contribution >= 4 is 0 Å². The van der Waals surface area contributed by atoms with Gasteiger partial charge in [0.25, 0.3) is 0 Å². The van der Waals surface area contributed by atoms with Crippen LogP contribution in [0.4, 0.5) is 0 Å². The molecule has 1 heterocycles. The van der Waals surface area contributed by atoms with E-state index < -0.39 is 0 Å². The molecule has 84 valence electrons. The van der Waals surface area contributed by atoms with Gasteiger partial charge >= 0.3 is 0 Å². The Morgan fingerprint density at radius 2 is 2.20 bits per heavy atom. The second kappa shape index (κ2) is 7.17. The summed E-state index contributed by atoms with van der Waals surface area (Å²) in [5.74, 6) is 0.624. The third kappa shape index (κ3) is 4.74. The van der Waals surface area contributed by atoms with Crippen LogP contribution in [0.2, 0.25) is 0 Å². The highest BCUT2D eigenvalue weighted by molar-refractivity contribution is 5.08. The van der Waals surface area contributed by atoms with Gasteiger partial charge in [-0.25, -0.2) is 4.98 Å². The van der Waals surface area contributed by atoms with Crippen molar-refractivity contribution in [2.45, 2.75) is 33.2 Å². The van der Waals surface area contributed by atoms with Crippen LogP contribution in [0.25, 0.3) is 0 Å². The van der Waals surface area contributed by atoms with Gasteiger partial charge in [-0.05, 0) is 13.0 Å². The second-order valence-corrected chi connectivity index (χ2v) is 3.33. The fraction of sp³-hybridized carbons (Fsp3) is 0.636. The smallest absolute Gasteiger partial charge is 0.232 e. The van der Waals surface area contributed by atoms with E-state index in [9.17, 15) is 0 Å². The van der Waals surface area contributed by atoms with Gasteiger partial charge in [-0.3, -0.25) is 4.98 Å². The molecule has 0 aliphatic carbocycles. The Bertz CT molecular complexity index is 278. The molecule has 1 aromatic heterocycles. The maximum absolute atomic E-state index is 5.47. The summed E-state index contributed by atoms with van der Waals surface area (Å²) in [4.78, 5) is 8.42. The van der Waals surface area contributed by atoms with Crippen molar-refractivity contribution in [1.29, 1.82) is 0 Å². The summed E-state index contributed by atoms with van der Waals surface area (Å²) in [5.41, 5.74) is 0.922. The summed E-state index contributed by atoms with van der Waals surface area (Å²) in [6, 6.07) is 0. The number of nitrogens with zero attached hydrogens (tertiary/aromatic N) is 2. The summed E-state index contributed by atoms with van der Waals surface area (Å²) >= 11 is 0. The quantitative estimate of drug-likeness (QED) is 0.695. The van der Waals surface area contributed by atoms with Crippen LogP contribution in [-0.4, -0.2) is 23.1 Å². The monoisotopic (exact) mass is 209 g/mol. The third-order valence-electron chi connectivity index (χ3n) is 1.97. The van der Waals surface area contributed by atoms with Crippen molar-refractivity contribution in [2.24, 2.45) is 0 Å². The molecule has 0 aliphatic rings. The second-order valence-electron chi connectivity index (χ2n) is 3.33. The molecule has 0 unspecified atom stereocenters. The fourth-order valence-electron chi connectivity index (χ4n) is 1.12. The highest BCUT2D eigenvalue weighted by Gasteiger charge is 1.98. The van der Waals surface area contributed by atoms with Crippen LogP contribution in [0.3, 0.4) is 0 Å². The van der Waals surface area contributed by atoms with E-state index in [0.29, 0.717) is 5.88 Å². The summed E-state index contributed by atoms with van der Waals surface area (Å²) in [6.07, 6.45) is 5.60. The Morgan fingerprint density at radius 1 is 1.33 bits per heavy atom. The molecule has 15 heavy (non-hydrogen) atoms. The SMILES string of the molecule is CCCCOc1cncc(CNCC)n1. The molecular formula is C11H19N3O. The highest BCUT2D eigenvalue weighted by Crippen LogP contribution is 2.05. The largest absolute Gasteiger partial charge is 0.477 e. The van der Waals surface area contributed by atoms with E-state index >= 15 is 0 Å². The number of hydrogen-bond acceptors (Lipinski definition) is 4. The van der Waals surface area contributed by atoms with Crippen molar-refractivity contribution in [2.75, 3.05) is 13.2 Å². The minimum absolute atomic E-state index is 0.624. The van der Waals surface area contributed by atoms with Gasteiger partial charge in [0, 0.05) is 12.7 Å². The first-order valence-corrected chi connectivity index (χ1v) is 5.51. The van der Waals surface area contributed by atoms with Gasteiger partial charge < -0.3 is 10.1 Å². The van der Waals surface area contributed by atoms with Crippen molar-refractivity contribution in [3.05, 3.63) is 18.1 Å². The average Bonchev–Trinajstić information content (AvgIpc) is 2.27. The Hall–Kier alpha value is -1.16. The van der Waals surface area contributed by atoms with Gasteiger partial charge in [0.05, 0.1) is 18.5 Å². The van der Waals surface area contributed by atoms with E-state index in [-0.39, 0.29) is 0 Å². The zero-order chi connectivity index (χ0) is 10.9. The zero-order valence-corrected chi connectivity index (χ0v) is 9.49. The van der Waals surface area contributed by atoms with Gasteiger partial charge in [-0.15, -0.1) is 0 Å². The van der Waals surface area contributed by atoms with Gasteiger partial charge in [-0.2, -0.15) is 0 Å². The summed E-state index contributed by atoms with van der Waals surface area (Å²) in [7, 11) is 0. The molecular weight excluding hydrogens is 190 g/mol. The molecule has 0 aromatic carbocycles. The normalized spacial score (nSPS) is 10.3. The molecule has 0 atom stereocenters. The van der Waals surface area contributed by atoms with Gasteiger partial charge in [0.2, 0.25) is 5.88 Å². The van der Waals surface area contributed by atoms with Gasteiger partial charge in [0.15, 0.2) is 0 Å². The van der Waals surface area contributed by atoms with Crippen molar-refractivity contribution < 1.29 is 4.74 Å². The lowest BCUT2D eigenvalue weighted by molar-refractivity contribution is 0.295. The van der Waals surface area contributed by atoms with Gasteiger partial charge in [0.1, 0.15) is 0 Å². The van der Waals surface area contributed by atoms with E-state index in [1.54, 1.807) is 12.4 Å². The van der Waals surface area contributed by atoms with E-state index in [2.05, 4.69) is 29.1 Å². The van der Waals surface area contributed by atoms with Crippen LogP contribution in [0.5, 0.6) is 5.88 Å². The molecule has 4 heteroatoms. The van der Waals surface area contributed by atoms with Crippen molar-refractivity contribution in [3.63, 3.8) is 0 Å². The molecule has 0 spiro atoms. The molecule has 1 N–H and O–H groups in total. The first-order valence-electron chi connectivity index (χ1n) is 5.51. The molecule has 1 aromatic rings. The standard InChI is InChI=1S/C11H19N3O/c1-3-5-6-15-11-9-13-8-10(14-11)7-12-4-2/h8-9,12H,3-7H2,1-2H3. The summed E-state index contributed by atoms with van der Waals surface area (Å²) in [5, 5.41) is 3.20. The molecule has 0 radical (unpaired) electrons. The predicted molar refractivity (Wildman–Crippen MR) is 59.8 cm³/mol. The van der Waals surface area contributed by atoms with Crippen molar-refractivity contribution in [3.8, 4) is 5.88 Å². The van der Waals surface area contributed by atoms with Crippen LogP contribution >= 0.6 is 0 Å². The molecule has 1 rings (SSSR count). The Kier molecular flexibility index (Phi) is 5.70. The van der Waals surface area contributed by atoms with E-state index in [4.69, 9.17) is 4.74 Å². The topological polar surface area (TPSA) is 47.0 Å². The van der Waals surface area contributed by atoms with Crippen LogP contribution in [-0.2, 0) is 6.54 Å². The molecule has 0 saturated carbocycles. The Balaban J connectivity index is 2.42. The Morgan fingerprint density at radius 3 is 2.93 bits per heavy atom. The minimum Gasteiger partial charge on any atom is -0.477 e. The molecule has 4 nitrogen and oxygen atoms in total. The van der Waals surface area contributed by atoms with Gasteiger partial charge in [-0.1, -0.05) is 20.3 Å². The Labute approximate surface area is 91.1 Å². The van der Waals surface area contributed by atoms with Crippen molar-refractivity contribution in [1.82, 2.24) is 15.3 Å². The number of hydrogen-bond donors (Lipinski definition) is 1. The minimum atomic E-state index is 0.624. The van der Waals surface area contributed by atoms with E-state index in [1.807, 2.05) is 0 Å². The van der Waals surface area contributed by atoms with E-state index in [0.717, 1.165) is 38.2 Å². The lowest BCUT2D eigenvalue weighted by Gasteiger charge is -2.05. The van der Waals surface area contributed by atoms with Crippen LogP contribution < -0.4 is 10.1 Å². The molecule has 0 saturated heterocycles. The first kappa shape index (κ1) is 11.9. The number of nitrogens with one attached hydrogen (secondary N) is 1. The summed E-state index contributed by atoms with van der Waals surface area (Å²) < 4.78 is 5.47. The number of aromatic nitrogens is 2. The zero-order valence-electron chi connectivity index (χ0n) is 9.49. The summed E-state index contributed by atoms with van der Waals surface area (Å²) in [6.45, 7) is 6.60. The lowest BCUT2D eigenvalue weighted by Crippen LogP contribution is -2.13. The number of unbranched alkanes of at least 4 members (excludes halogenated alkanes) is 1. The average molecular weight is 209 g/mol. The molecule has 0 aliphatic heterocycles. The maximum Gasteiger partial charge on any atom is 0.232 e. The molecule has 0 fully saturated rings. The predicted octanol–water partition coefficient (Wildman–Crippen LogP) is 1.76. The molecule has 0 amide bonds. The third-order valence-corrected chi connectivity index (χ3v) is 1.97. The number of ether oxygens (including phenoxy) is 1. The lowest BCUT2D eigenvalue weighted by atomic mass is 10.4. The van der Waals surface area contributed by atoms with Crippen LogP contribution in [0.15, 0.2) is 12.4 Å². The number of rotatable bonds is 7.